The second-order valence-electron chi connectivity index (χ2n) is 4.20. The first-order valence-corrected chi connectivity index (χ1v) is 13.0. The van der Waals surface area contributed by atoms with Crippen molar-refractivity contribution in [1.29, 1.82) is 0 Å². The summed E-state index contributed by atoms with van der Waals surface area (Å²) in [5, 5.41) is -1.91. The van der Waals surface area contributed by atoms with E-state index in [0.29, 0.717) is 0 Å². The van der Waals surface area contributed by atoms with Crippen LogP contribution >= 0.6 is 37.9 Å². The van der Waals surface area contributed by atoms with E-state index in [1.165, 1.54) is 0 Å². The lowest BCUT2D eigenvalue weighted by atomic mass is 10.5. The fourth-order valence-electron chi connectivity index (χ4n) is 1.34. The number of rotatable bonds is 14. The molecule has 0 fully saturated rings. The van der Waals surface area contributed by atoms with Crippen LogP contribution in [0.25, 0.3) is 0 Å². The second-order valence-corrected chi connectivity index (χ2v) is 10.8. The molecule has 0 aromatic heterocycles. The van der Waals surface area contributed by atoms with Crippen LogP contribution in [0.5, 0.6) is 0 Å². The van der Waals surface area contributed by atoms with Crippen LogP contribution in [0.2, 0.25) is 0 Å². The van der Waals surface area contributed by atoms with Gasteiger partial charge >= 0.3 is 0 Å². The second kappa shape index (κ2) is 11.5. The summed E-state index contributed by atoms with van der Waals surface area (Å²) in [5.74, 6) is -2.00. The first kappa shape index (κ1) is 24.8. The summed E-state index contributed by atoms with van der Waals surface area (Å²) < 4.78 is 84.9. The Kier molecular flexibility index (Phi) is 11.9. The molecule has 0 N–H and O–H groups in total. The quantitative estimate of drug-likeness (QED) is 0.223. The molecule has 0 atom stereocenters. The maximum absolute atomic E-state index is 12.1. The molecular formula is C9H20O9S6. The highest BCUT2D eigenvalue weighted by Gasteiger charge is 2.36. The molecule has 0 aliphatic rings. The van der Waals surface area contributed by atoms with E-state index in [4.69, 9.17) is 0 Å². The SMILES string of the molecule is O=S(=O)(CC(CS(=O)(=O)OCCS)S(=O)(=O)OCCS)OCCS. The van der Waals surface area contributed by atoms with Gasteiger partial charge in [0.05, 0.1) is 31.3 Å². The summed E-state index contributed by atoms with van der Waals surface area (Å²) in [6, 6.07) is 0. The van der Waals surface area contributed by atoms with Gasteiger partial charge in [-0.25, -0.2) is 0 Å². The summed E-state index contributed by atoms with van der Waals surface area (Å²) >= 11 is 11.3. The van der Waals surface area contributed by atoms with Crippen LogP contribution in [0.1, 0.15) is 0 Å². The van der Waals surface area contributed by atoms with E-state index >= 15 is 0 Å². The largest absolute Gasteiger partial charge is 0.272 e. The van der Waals surface area contributed by atoms with E-state index < -0.39 is 47.1 Å². The molecule has 15 heteroatoms. The van der Waals surface area contributed by atoms with Crippen molar-refractivity contribution >= 4 is 68.2 Å². The average molecular weight is 465 g/mol. The minimum absolute atomic E-state index is 0.0394. The van der Waals surface area contributed by atoms with E-state index in [0.717, 1.165) is 0 Å². The Morgan fingerprint density at radius 3 is 1.29 bits per heavy atom. The van der Waals surface area contributed by atoms with Crippen molar-refractivity contribution < 1.29 is 37.8 Å². The molecule has 0 saturated carbocycles. The molecule has 0 aromatic rings. The molecule has 0 bridgehead atoms. The smallest absolute Gasteiger partial charge is 0.269 e. The van der Waals surface area contributed by atoms with Gasteiger partial charge in [0.2, 0.25) is 0 Å². The summed E-state index contributed by atoms with van der Waals surface area (Å²) in [6.07, 6.45) is 0. The summed E-state index contributed by atoms with van der Waals surface area (Å²) in [7, 11) is -13.1. The van der Waals surface area contributed by atoms with Crippen LogP contribution in [-0.2, 0) is 42.9 Å². The molecule has 0 radical (unpaired) electrons. The molecule has 0 aliphatic carbocycles. The van der Waals surface area contributed by atoms with Crippen LogP contribution in [-0.4, -0.2) is 79.1 Å². The highest BCUT2D eigenvalue weighted by molar-refractivity contribution is 7.93. The predicted octanol–water partition coefficient (Wildman–Crippen LogP) is -0.816. The Balaban J connectivity index is 5.38. The van der Waals surface area contributed by atoms with Gasteiger partial charge in [0, 0.05) is 17.3 Å². The maximum atomic E-state index is 12.1. The zero-order valence-electron chi connectivity index (χ0n) is 12.5. The normalized spacial score (nSPS) is 13.5. The van der Waals surface area contributed by atoms with Crippen molar-refractivity contribution in [3.8, 4) is 0 Å². The summed E-state index contributed by atoms with van der Waals surface area (Å²) in [5.41, 5.74) is 0. The standard InChI is InChI=1S/C9H20O9S6/c10-22(11,16-1-4-19)7-9(24(14,15)18-3-6-21)8-23(12,13)17-2-5-20/h9,19-21H,1-8H2. The van der Waals surface area contributed by atoms with Gasteiger partial charge in [-0.15, -0.1) is 0 Å². The Hall–Kier alpha value is 0.780. The van der Waals surface area contributed by atoms with Crippen molar-refractivity contribution in [2.45, 2.75) is 5.25 Å². The summed E-state index contributed by atoms with van der Waals surface area (Å²) in [4.78, 5) is 0. The lowest BCUT2D eigenvalue weighted by Gasteiger charge is -2.17. The Bertz CT molecular complexity index is 614. The predicted molar refractivity (Wildman–Crippen MR) is 99.7 cm³/mol. The van der Waals surface area contributed by atoms with Gasteiger partial charge in [-0.3, -0.25) is 12.5 Å². The highest BCUT2D eigenvalue weighted by atomic mass is 32.2. The molecule has 0 aliphatic heterocycles. The van der Waals surface area contributed by atoms with E-state index in [9.17, 15) is 25.3 Å². The highest BCUT2D eigenvalue weighted by Crippen LogP contribution is 2.14. The van der Waals surface area contributed by atoms with Crippen LogP contribution in [0.4, 0.5) is 0 Å². The zero-order chi connectivity index (χ0) is 18.9. The van der Waals surface area contributed by atoms with Gasteiger partial charge < -0.3 is 0 Å². The van der Waals surface area contributed by atoms with Crippen LogP contribution in [0.3, 0.4) is 0 Å². The van der Waals surface area contributed by atoms with Gasteiger partial charge in [-0.2, -0.15) is 63.1 Å². The van der Waals surface area contributed by atoms with E-state index in [2.05, 4.69) is 50.4 Å². The maximum Gasteiger partial charge on any atom is 0.272 e. The molecule has 0 amide bonds. The minimum Gasteiger partial charge on any atom is -0.269 e. The molecule has 24 heavy (non-hydrogen) atoms. The number of thiol groups is 3. The van der Waals surface area contributed by atoms with E-state index in [1.54, 1.807) is 0 Å². The molecule has 0 spiro atoms. The fraction of sp³-hybridized carbons (Fsp3) is 1.00. The van der Waals surface area contributed by atoms with E-state index in [1.807, 2.05) is 0 Å². The van der Waals surface area contributed by atoms with Crippen LogP contribution < -0.4 is 0 Å². The third-order valence-corrected chi connectivity index (χ3v) is 7.52. The zero-order valence-corrected chi connectivity index (χ0v) is 17.6. The lowest BCUT2D eigenvalue weighted by Crippen LogP contribution is -2.38. The lowest BCUT2D eigenvalue weighted by molar-refractivity contribution is 0.324. The fourth-order valence-corrected chi connectivity index (χ4v) is 6.99. The van der Waals surface area contributed by atoms with Crippen molar-refractivity contribution in [2.75, 3.05) is 48.6 Å². The molecule has 146 valence electrons. The number of hydrogen-bond acceptors (Lipinski definition) is 12. The molecule has 0 saturated heterocycles. The topological polar surface area (TPSA) is 130 Å². The van der Waals surface area contributed by atoms with Gasteiger partial charge in [0.1, 0.15) is 5.25 Å². The monoisotopic (exact) mass is 464 g/mol. The van der Waals surface area contributed by atoms with E-state index in [-0.39, 0.29) is 37.1 Å². The van der Waals surface area contributed by atoms with Gasteiger partial charge in [0.25, 0.3) is 30.4 Å². The van der Waals surface area contributed by atoms with Crippen LogP contribution in [0.15, 0.2) is 0 Å². The molecule has 0 aromatic carbocycles. The van der Waals surface area contributed by atoms with Crippen molar-refractivity contribution in [1.82, 2.24) is 0 Å². The Labute approximate surface area is 159 Å². The molecular weight excluding hydrogens is 444 g/mol. The average Bonchev–Trinajstić information content (AvgIpc) is 2.48. The minimum atomic E-state index is -4.51. The first-order chi connectivity index (χ1) is 11.0. The summed E-state index contributed by atoms with van der Waals surface area (Å²) in [6.45, 7) is -0.895. The molecule has 0 heterocycles. The van der Waals surface area contributed by atoms with Crippen molar-refractivity contribution in [3.63, 3.8) is 0 Å². The third-order valence-electron chi connectivity index (χ3n) is 2.24. The first-order valence-electron chi connectivity index (χ1n) is 6.44. The van der Waals surface area contributed by atoms with Gasteiger partial charge in [0.15, 0.2) is 0 Å². The third kappa shape index (κ3) is 10.7. The van der Waals surface area contributed by atoms with Crippen molar-refractivity contribution in [3.05, 3.63) is 0 Å². The Morgan fingerprint density at radius 2 is 0.958 bits per heavy atom. The van der Waals surface area contributed by atoms with Crippen LogP contribution in [0, 0.1) is 0 Å². The molecule has 0 unspecified atom stereocenters. The molecule has 0 rings (SSSR count). The Morgan fingerprint density at radius 1 is 0.625 bits per heavy atom. The number of hydrogen-bond donors (Lipinski definition) is 3. The van der Waals surface area contributed by atoms with Crippen molar-refractivity contribution in [2.24, 2.45) is 0 Å². The van der Waals surface area contributed by atoms with Gasteiger partial charge in [-0.1, -0.05) is 0 Å². The van der Waals surface area contributed by atoms with Gasteiger partial charge in [-0.05, 0) is 0 Å². The molecule has 9 nitrogen and oxygen atoms in total.